The van der Waals surface area contributed by atoms with Crippen LogP contribution in [0.2, 0.25) is 0 Å². The van der Waals surface area contributed by atoms with Crippen molar-refractivity contribution in [3.05, 3.63) is 82.3 Å². The van der Waals surface area contributed by atoms with Crippen molar-refractivity contribution in [3.63, 3.8) is 0 Å². The van der Waals surface area contributed by atoms with Gasteiger partial charge in [0.1, 0.15) is 5.82 Å². The summed E-state index contributed by atoms with van der Waals surface area (Å²) in [6.07, 6.45) is 0.964. The number of halogens is 1. The molecule has 0 aliphatic carbocycles. The number of thioether (sulfide) groups is 1. The number of hydrogen-bond acceptors (Lipinski definition) is 3. The smallest absolute Gasteiger partial charge is 0.224 e. The van der Waals surface area contributed by atoms with Crippen molar-refractivity contribution in [1.82, 2.24) is 0 Å². The van der Waals surface area contributed by atoms with E-state index in [2.05, 4.69) is 22.1 Å². The maximum atomic E-state index is 12.9. The minimum Gasteiger partial charge on any atom is -0.325 e. The third kappa shape index (κ3) is 5.44. The number of anilines is 1. The molecule has 0 saturated carbocycles. The molecule has 1 heterocycles. The first kappa shape index (κ1) is 17.7. The van der Waals surface area contributed by atoms with Gasteiger partial charge in [0.25, 0.3) is 0 Å². The van der Waals surface area contributed by atoms with Crippen LogP contribution in [0.5, 0.6) is 0 Å². The molecule has 0 bridgehead atoms. The number of thiophene rings is 1. The van der Waals surface area contributed by atoms with E-state index in [4.69, 9.17) is 0 Å². The lowest BCUT2D eigenvalue weighted by molar-refractivity contribution is -0.116. The van der Waals surface area contributed by atoms with E-state index in [1.54, 1.807) is 35.2 Å². The van der Waals surface area contributed by atoms with Crippen LogP contribution in [0.3, 0.4) is 0 Å². The molecule has 0 aliphatic rings. The molecular formula is C20H18FNOS2. The van der Waals surface area contributed by atoms with Gasteiger partial charge in [0.15, 0.2) is 0 Å². The molecule has 0 atom stereocenters. The summed E-state index contributed by atoms with van der Waals surface area (Å²) in [7, 11) is 0. The number of para-hydroxylation sites is 1. The van der Waals surface area contributed by atoms with Crippen molar-refractivity contribution in [2.75, 3.05) is 5.32 Å². The molecule has 0 saturated heterocycles. The second-order valence-corrected chi connectivity index (χ2v) is 7.39. The highest BCUT2D eigenvalue weighted by Gasteiger charge is 2.08. The van der Waals surface area contributed by atoms with Gasteiger partial charge in [0.2, 0.25) is 5.91 Å². The molecular weight excluding hydrogens is 353 g/mol. The molecule has 1 aromatic heterocycles. The Kier molecular flexibility index (Phi) is 6.25. The topological polar surface area (TPSA) is 29.1 Å². The maximum absolute atomic E-state index is 12.9. The molecule has 2 nitrogen and oxygen atoms in total. The molecule has 25 heavy (non-hydrogen) atoms. The van der Waals surface area contributed by atoms with E-state index in [1.807, 2.05) is 24.3 Å². The molecule has 0 aliphatic heterocycles. The molecule has 0 radical (unpaired) electrons. The Hall–Kier alpha value is -2.11. The van der Waals surface area contributed by atoms with Crippen LogP contribution in [0.4, 0.5) is 10.1 Å². The second kappa shape index (κ2) is 8.83. The molecule has 1 N–H and O–H groups in total. The van der Waals surface area contributed by atoms with Gasteiger partial charge < -0.3 is 5.32 Å². The number of carbonyl (C=O) groups is 1. The minimum atomic E-state index is -0.259. The van der Waals surface area contributed by atoms with Gasteiger partial charge >= 0.3 is 0 Å². The highest BCUT2D eigenvalue weighted by atomic mass is 32.2. The number of amides is 1. The molecule has 0 fully saturated rings. The van der Waals surface area contributed by atoms with Gasteiger partial charge in [-0.1, -0.05) is 24.3 Å². The quantitative estimate of drug-likeness (QED) is 0.536. The second-order valence-electron chi connectivity index (χ2n) is 5.59. The molecule has 128 valence electrons. The number of rotatable bonds is 7. The summed E-state index contributed by atoms with van der Waals surface area (Å²) < 4.78 is 12.9. The van der Waals surface area contributed by atoms with Crippen LogP contribution in [0, 0.1) is 5.82 Å². The Bertz CT molecular complexity index is 816. The summed E-state index contributed by atoms with van der Waals surface area (Å²) in [5.41, 5.74) is 3.08. The maximum Gasteiger partial charge on any atom is 0.224 e. The van der Waals surface area contributed by atoms with Crippen LogP contribution in [0.25, 0.3) is 0 Å². The van der Waals surface area contributed by atoms with Crippen LogP contribution in [0.15, 0.2) is 70.3 Å². The van der Waals surface area contributed by atoms with Gasteiger partial charge in [-0.3, -0.25) is 4.79 Å². The Morgan fingerprint density at radius 3 is 2.60 bits per heavy atom. The third-order valence-corrected chi connectivity index (χ3v) is 5.57. The van der Waals surface area contributed by atoms with Crippen molar-refractivity contribution < 1.29 is 9.18 Å². The average molecular weight is 372 g/mol. The van der Waals surface area contributed by atoms with E-state index in [1.165, 1.54) is 17.7 Å². The zero-order valence-electron chi connectivity index (χ0n) is 13.6. The predicted molar refractivity (Wildman–Crippen MR) is 104 cm³/mol. The van der Waals surface area contributed by atoms with Crippen LogP contribution in [-0.4, -0.2) is 5.91 Å². The molecule has 3 rings (SSSR count). The third-order valence-electron chi connectivity index (χ3n) is 3.69. The van der Waals surface area contributed by atoms with E-state index in [0.717, 1.165) is 21.9 Å². The van der Waals surface area contributed by atoms with Crippen LogP contribution < -0.4 is 5.32 Å². The lowest BCUT2D eigenvalue weighted by Crippen LogP contribution is -2.13. The average Bonchev–Trinajstić information content (AvgIpc) is 3.14. The lowest BCUT2D eigenvalue weighted by Gasteiger charge is -2.10. The summed E-state index contributed by atoms with van der Waals surface area (Å²) in [6.45, 7) is 0. The van der Waals surface area contributed by atoms with Gasteiger partial charge in [0.05, 0.1) is 5.69 Å². The highest BCUT2D eigenvalue weighted by molar-refractivity contribution is 7.98. The Morgan fingerprint density at radius 1 is 1.04 bits per heavy atom. The number of carbonyl (C=O) groups excluding carboxylic acids is 1. The van der Waals surface area contributed by atoms with Crippen molar-refractivity contribution in [2.45, 2.75) is 23.5 Å². The van der Waals surface area contributed by atoms with Gasteiger partial charge in [-0.05, 0) is 58.6 Å². The molecule has 2 aromatic carbocycles. The van der Waals surface area contributed by atoms with E-state index in [-0.39, 0.29) is 11.7 Å². The van der Waals surface area contributed by atoms with Crippen LogP contribution in [0.1, 0.15) is 17.5 Å². The lowest BCUT2D eigenvalue weighted by atomic mass is 10.1. The van der Waals surface area contributed by atoms with Crippen LogP contribution in [-0.2, 0) is 17.0 Å². The Balaban J connectivity index is 1.56. The summed E-state index contributed by atoms with van der Waals surface area (Å²) in [5.74, 6) is 0.587. The fourth-order valence-electron chi connectivity index (χ4n) is 2.35. The SMILES string of the molecule is O=C(CCc1ccc(F)cc1)Nc1ccccc1SCc1ccsc1. The van der Waals surface area contributed by atoms with Gasteiger partial charge in [-0.2, -0.15) is 11.3 Å². The first-order valence-electron chi connectivity index (χ1n) is 7.98. The van der Waals surface area contributed by atoms with Gasteiger partial charge in [-0.25, -0.2) is 4.39 Å². The van der Waals surface area contributed by atoms with Crippen LogP contribution >= 0.6 is 23.1 Å². The van der Waals surface area contributed by atoms with Gasteiger partial charge in [0, 0.05) is 17.1 Å². The summed E-state index contributed by atoms with van der Waals surface area (Å²) in [6, 6.07) is 16.2. The number of hydrogen-bond donors (Lipinski definition) is 1. The minimum absolute atomic E-state index is 0.0343. The van der Waals surface area contributed by atoms with Crippen molar-refractivity contribution in [2.24, 2.45) is 0 Å². The van der Waals surface area contributed by atoms with E-state index in [9.17, 15) is 9.18 Å². The molecule has 0 unspecified atom stereocenters. The molecule has 1 amide bonds. The summed E-state index contributed by atoms with van der Waals surface area (Å²) >= 11 is 3.40. The molecule has 3 aromatic rings. The highest BCUT2D eigenvalue weighted by Crippen LogP contribution is 2.30. The van der Waals surface area contributed by atoms with Crippen molar-refractivity contribution >= 4 is 34.7 Å². The zero-order chi connectivity index (χ0) is 17.5. The summed E-state index contributed by atoms with van der Waals surface area (Å²) in [5, 5.41) is 7.20. The monoisotopic (exact) mass is 371 g/mol. The first-order valence-corrected chi connectivity index (χ1v) is 9.91. The number of benzene rings is 2. The largest absolute Gasteiger partial charge is 0.325 e. The Morgan fingerprint density at radius 2 is 1.84 bits per heavy atom. The van der Waals surface area contributed by atoms with E-state index in [0.29, 0.717) is 12.8 Å². The first-order chi connectivity index (χ1) is 12.2. The fourth-order valence-corrected chi connectivity index (χ4v) is 4.08. The van der Waals surface area contributed by atoms with Crippen molar-refractivity contribution in [1.29, 1.82) is 0 Å². The number of aryl methyl sites for hydroxylation is 1. The van der Waals surface area contributed by atoms with E-state index >= 15 is 0 Å². The van der Waals surface area contributed by atoms with Crippen molar-refractivity contribution in [3.8, 4) is 0 Å². The Labute approximate surface area is 155 Å². The van der Waals surface area contributed by atoms with Gasteiger partial charge in [-0.15, -0.1) is 11.8 Å². The molecule has 5 heteroatoms. The number of nitrogens with one attached hydrogen (secondary N) is 1. The summed E-state index contributed by atoms with van der Waals surface area (Å²) in [4.78, 5) is 13.3. The van der Waals surface area contributed by atoms with E-state index < -0.39 is 0 Å². The molecule has 0 spiro atoms. The standard InChI is InChI=1S/C20H18FNOS2/c21-17-8-5-15(6-9-17)7-10-20(23)22-18-3-1-2-4-19(18)25-14-16-11-12-24-13-16/h1-6,8-9,11-13H,7,10,14H2,(H,22,23). The predicted octanol–water partition coefficient (Wildman–Crippen LogP) is 5.75. The fraction of sp³-hybridized carbons (Fsp3) is 0.150. The normalized spacial score (nSPS) is 10.6. The zero-order valence-corrected chi connectivity index (χ0v) is 15.2.